The van der Waals surface area contributed by atoms with Gasteiger partial charge in [-0.15, -0.1) is 0 Å². The van der Waals surface area contributed by atoms with Gasteiger partial charge < -0.3 is 5.32 Å². The van der Waals surface area contributed by atoms with Crippen LogP contribution < -0.4 is 5.32 Å². The number of hydrogen-bond acceptors (Lipinski definition) is 3. The molecule has 0 aromatic carbocycles. The van der Waals surface area contributed by atoms with Gasteiger partial charge in [-0.1, -0.05) is 27.2 Å². The molecule has 0 rings (SSSR count). The predicted octanol–water partition coefficient (Wildman–Crippen LogP) is 1.68. The van der Waals surface area contributed by atoms with Gasteiger partial charge in [-0.05, 0) is 31.8 Å². The molecule has 0 saturated carbocycles. The van der Waals surface area contributed by atoms with E-state index in [1.54, 1.807) is 0 Å². The highest BCUT2D eigenvalue weighted by Crippen LogP contribution is 2.03. The highest BCUT2D eigenvalue weighted by Gasteiger charge is 2.12. The number of nitrogens with zero attached hydrogens (tertiary/aromatic N) is 1. The molecule has 17 heavy (non-hydrogen) atoms. The van der Waals surface area contributed by atoms with Gasteiger partial charge in [0, 0.05) is 13.1 Å². The van der Waals surface area contributed by atoms with Gasteiger partial charge in [-0.2, -0.15) is 0 Å². The van der Waals surface area contributed by atoms with Crippen LogP contribution in [0, 0.1) is 5.92 Å². The van der Waals surface area contributed by atoms with E-state index in [0.29, 0.717) is 19.0 Å². The van der Waals surface area contributed by atoms with Crippen LogP contribution in [0.2, 0.25) is 0 Å². The number of rotatable bonds is 10. The Labute approximate surface area is 107 Å². The van der Waals surface area contributed by atoms with E-state index in [-0.39, 0.29) is 0 Å². The van der Waals surface area contributed by atoms with Crippen molar-refractivity contribution in [3.63, 3.8) is 0 Å². The minimum Gasteiger partial charge on any atom is -0.316 e. The van der Waals surface area contributed by atoms with Gasteiger partial charge in [0.2, 0.25) is 10.0 Å². The van der Waals surface area contributed by atoms with Crippen LogP contribution in [0.25, 0.3) is 0 Å². The van der Waals surface area contributed by atoms with E-state index in [1.807, 2.05) is 6.92 Å². The van der Waals surface area contributed by atoms with Crippen molar-refractivity contribution in [3.05, 3.63) is 0 Å². The van der Waals surface area contributed by atoms with E-state index in [4.69, 9.17) is 0 Å². The minimum atomic E-state index is -3.02. The molecule has 1 atom stereocenters. The quantitative estimate of drug-likeness (QED) is 0.611. The number of hydrogen-bond donors (Lipinski definition) is 1. The van der Waals surface area contributed by atoms with E-state index in [2.05, 4.69) is 19.2 Å². The Morgan fingerprint density at radius 1 is 1.29 bits per heavy atom. The van der Waals surface area contributed by atoms with Crippen molar-refractivity contribution in [2.75, 3.05) is 32.4 Å². The Morgan fingerprint density at radius 2 is 1.94 bits per heavy atom. The molecule has 0 aromatic rings. The molecule has 0 spiro atoms. The second-order valence-corrected chi connectivity index (χ2v) is 6.69. The standard InChI is InChI=1S/C12H28N2O2S/c1-5-8-12(3)11-13-9-7-10-14(6-2)17(4,15)16/h12-13H,5-11H2,1-4H3. The van der Waals surface area contributed by atoms with Crippen LogP contribution in [-0.2, 0) is 10.0 Å². The highest BCUT2D eigenvalue weighted by atomic mass is 32.2. The molecule has 0 aromatic heterocycles. The Balaban J connectivity index is 3.63. The fraction of sp³-hybridized carbons (Fsp3) is 1.00. The summed E-state index contributed by atoms with van der Waals surface area (Å²) in [5.74, 6) is 0.706. The Kier molecular flexibility index (Phi) is 8.82. The molecule has 0 fully saturated rings. The van der Waals surface area contributed by atoms with E-state index < -0.39 is 10.0 Å². The average Bonchev–Trinajstić information content (AvgIpc) is 2.21. The molecule has 1 unspecified atom stereocenters. The van der Waals surface area contributed by atoms with E-state index in [1.165, 1.54) is 23.4 Å². The van der Waals surface area contributed by atoms with Gasteiger partial charge >= 0.3 is 0 Å². The number of sulfonamides is 1. The third-order valence-electron chi connectivity index (χ3n) is 2.86. The van der Waals surface area contributed by atoms with Crippen molar-refractivity contribution in [1.29, 1.82) is 0 Å². The Hall–Kier alpha value is -0.130. The lowest BCUT2D eigenvalue weighted by molar-refractivity contribution is 0.410. The summed E-state index contributed by atoms with van der Waals surface area (Å²) in [5, 5.41) is 3.38. The van der Waals surface area contributed by atoms with Gasteiger partial charge in [-0.25, -0.2) is 12.7 Å². The smallest absolute Gasteiger partial charge is 0.211 e. The van der Waals surface area contributed by atoms with Crippen LogP contribution in [0.5, 0.6) is 0 Å². The van der Waals surface area contributed by atoms with Crippen molar-refractivity contribution >= 4 is 10.0 Å². The SMILES string of the molecule is CCCC(C)CNCCCN(CC)S(C)(=O)=O. The van der Waals surface area contributed by atoms with E-state index in [0.717, 1.165) is 19.5 Å². The number of nitrogens with one attached hydrogen (secondary N) is 1. The van der Waals surface area contributed by atoms with Gasteiger partial charge in [0.05, 0.1) is 6.26 Å². The largest absolute Gasteiger partial charge is 0.316 e. The average molecular weight is 264 g/mol. The van der Waals surface area contributed by atoms with Gasteiger partial charge in [0.1, 0.15) is 0 Å². The summed E-state index contributed by atoms with van der Waals surface area (Å²) >= 11 is 0. The summed E-state index contributed by atoms with van der Waals surface area (Å²) in [6.07, 6.45) is 4.62. The van der Waals surface area contributed by atoms with Crippen molar-refractivity contribution in [3.8, 4) is 0 Å². The molecule has 1 N–H and O–H groups in total. The summed E-state index contributed by atoms with van der Waals surface area (Å²) in [6, 6.07) is 0. The first-order chi connectivity index (χ1) is 7.91. The molecule has 0 radical (unpaired) electrons. The Morgan fingerprint density at radius 3 is 2.41 bits per heavy atom. The summed E-state index contributed by atoms with van der Waals surface area (Å²) in [6.45, 7) is 9.40. The van der Waals surface area contributed by atoms with Gasteiger partial charge in [0.15, 0.2) is 0 Å². The first kappa shape index (κ1) is 16.9. The van der Waals surface area contributed by atoms with Crippen molar-refractivity contribution in [2.24, 2.45) is 5.92 Å². The molecule has 104 valence electrons. The zero-order chi connectivity index (χ0) is 13.3. The van der Waals surface area contributed by atoms with Crippen molar-refractivity contribution in [1.82, 2.24) is 9.62 Å². The molecule has 4 nitrogen and oxygen atoms in total. The van der Waals surface area contributed by atoms with Crippen LogP contribution >= 0.6 is 0 Å². The molecule has 0 heterocycles. The zero-order valence-electron chi connectivity index (χ0n) is 11.7. The zero-order valence-corrected chi connectivity index (χ0v) is 12.5. The molecule has 0 aliphatic heterocycles. The molecule has 0 aliphatic rings. The lowest BCUT2D eigenvalue weighted by Crippen LogP contribution is -2.33. The van der Waals surface area contributed by atoms with E-state index >= 15 is 0 Å². The maximum absolute atomic E-state index is 11.3. The monoisotopic (exact) mass is 264 g/mol. The molecular formula is C12H28N2O2S. The summed E-state index contributed by atoms with van der Waals surface area (Å²) in [5.41, 5.74) is 0. The lowest BCUT2D eigenvalue weighted by Gasteiger charge is -2.18. The van der Waals surface area contributed by atoms with Crippen LogP contribution in [-0.4, -0.2) is 45.2 Å². The topological polar surface area (TPSA) is 49.4 Å². The second kappa shape index (κ2) is 8.89. The fourth-order valence-electron chi connectivity index (χ4n) is 1.88. The summed E-state index contributed by atoms with van der Waals surface area (Å²) in [7, 11) is -3.02. The lowest BCUT2D eigenvalue weighted by atomic mass is 10.1. The van der Waals surface area contributed by atoms with Crippen molar-refractivity contribution in [2.45, 2.75) is 40.0 Å². The van der Waals surface area contributed by atoms with E-state index in [9.17, 15) is 8.42 Å². The highest BCUT2D eigenvalue weighted by molar-refractivity contribution is 7.88. The predicted molar refractivity (Wildman–Crippen MR) is 73.6 cm³/mol. The molecule has 0 amide bonds. The molecule has 5 heteroatoms. The molecule has 0 bridgehead atoms. The Bertz CT molecular complexity index is 278. The first-order valence-electron chi connectivity index (χ1n) is 6.57. The molecule has 0 saturated heterocycles. The van der Waals surface area contributed by atoms with Gasteiger partial charge in [-0.3, -0.25) is 0 Å². The third kappa shape index (κ3) is 8.57. The fourth-order valence-corrected chi connectivity index (χ4v) is 2.81. The maximum Gasteiger partial charge on any atom is 0.211 e. The first-order valence-corrected chi connectivity index (χ1v) is 8.42. The van der Waals surface area contributed by atoms with Crippen LogP contribution in [0.1, 0.15) is 40.0 Å². The minimum absolute atomic E-state index is 0.561. The normalized spacial score (nSPS) is 14.2. The van der Waals surface area contributed by atoms with Crippen LogP contribution in [0.15, 0.2) is 0 Å². The van der Waals surface area contributed by atoms with Crippen LogP contribution in [0.4, 0.5) is 0 Å². The molecular weight excluding hydrogens is 236 g/mol. The third-order valence-corrected chi connectivity index (χ3v) is 4.24. The maximum atomic E-state index is 11.3. The van der Waals surface area contributed by atoms with Crippen LogP contribution in [0.3, 0.4) is 0 Å². The van der Waals surface area contributed by atoms with Gasteiger partial charge in [0.25, 0.3) is 0 Å². The summed E-state index contributed by atoms with van der Waals surface area (Å²) < 4.78 is 24.2. The van der Waals surface area contributed by atoms with Crippen molar-refractivity contribution < 1.29 is 8.42 Å². The summed E-state index contributed by atoms with van der Waals surface area (Å²) in [4.78, 5) is 0. The molecule has 0 aliphatic carbocycles. The second-order valence-electron chi connectivity index (χ2n) is 4.71.